The van der Waals surface area contributed by atoms with Gasteiger partial charge in [0.1, 0.15) is 5.82 Å². The van der Waals surface area contributed by atoms with E-state index in [1.165, 1.54) is 0 Å². The van der Waals surface area contributed by atoms with Gasteiger partial charge in [0, 0.05) is 12.2 Å². The molecule has 1 rings (SSSR count). The molecule has 0 unspecified atom stereocenters. The fraction of sp³-hybridized carbons (Fsp3) is 0.375. The molecule has 0 radical (unpaired) electrons. The first-order chi connectivity index (χ1) is 5.15. The van der Waals surface area contributed by atoms with Crippen LogP contribution in [0.3, 0.4) is 0 Å². The van der Waals surface area contributed by atoms with E-state index >= 15 is 0 Å². The van der Waals surface area contributed by atoms with Crippen molar-refractivity contribution in [3.63, 3.8) is 0 Å². The number of pyridine rings is 1. The molecule has 0 saturated heterocycles. The van der Waals surface area contributed by atoms with E-state index in [4.69, 9.17) is 11.5 Å². The molecule has 3 nitrogen and oxygen atoms in total. The van der Waals surface area contributed by atoms with Crippen molar-refractivity contribution in [3.8, 4) is 0 Å². The Bertz CT molecular complexity index is 253. The number of rotatable bonds is 1. The lowest BCUT2D eigenvalue weighted by atomic mass is 10.1. The van der Waals surface area contributed by atoms with Gasteiger partial charge >= 0.3 is 0 Å². The zero-order valence-electron chi connectivity index (χ0n) is 7.70. The summed E-state index contributed by atoms with van der Waals surface area (Å²) in [5, 5.41) is 0. The molecule has 0 bridgehead atoms. The molecule has 0 spiro atoms. The van der Waals surface area contributed by atoms with Gasteiger partial charge in [-0.1, -0.05) is 0 Å². The zero-order valence-corrected chi connectivity index (χ0v) is 9.34. The van der Waals surface area contributed by atoms with Gasteiger partial charge in [-0.15, -0.1) is 24.8 Å². The summed E-state index contributed by atoms with van der Waals surface area (Å²) in [5.41, 5.74) is 14.2. The summed E-state index contributed by atoms with van der Waals surface area (Å²) < 4.78 is 0. The number of nitrogen functional groups attached to an aromatic ring is 1. The fourth-order valence-corrected chi connectivity index (χ4v) is 1.20. The molecule has 0 fully saturated rings. The molecule has 5 heteroatoms. The third-order valence-electron chi connectivity index (χ3n) is 1.78. The van der Waals surface area contributed by atoms with Gasteiger partial charge in [0.05, 0.1) is 0 Å². The summed E-state index contributed by atoms with van der Waals surface area (Å²) in [6, 6.07) is 1.84. The molecule has 13 heavy (non-hydrogen) atoms. The predicted octanol–water partition coefficient (Wildman–Crippen LogP) is 1.58. The van der Waals surface area contributed by atoms with Crippen molar-refractivity contribution in [1.29, 1.82) is 0 Å². The van der Waals surface area contributed by atoms with Crippen LogP contribution in [-0.4, -0.2) is 4.98 Å². The smallest absolute Gasteiger partial charge is 0.123 e. The lowest BCUT2D eigenvalue weighted by Gasteiger charge is -2.06. The highest BCUT2D eigenvalue weighted by molar-refractivity contribution is 5.85. The van der Waals surface area contributed by atoms with Crippen LogP contribution >= 0.6 is 24.8 Å². The van der Waals surface area contributed by atoms with Crippen LogP contribution in [0.1, 0.15) is 16.8 Å². The van der Waals surface area contributed by atoms with Gasteiger partial charge in [-0.05, 0) is 31.0 Å². The minimum Gasteiger partial charge on any atom is -0.384 e. The summed E-state index contributed by atoms with van der Waals surface area (Å²) in [6.07, 6.45) is 0. The lowest BCUT2D eigenvalue weighted by molar-refractivity contribution is 0.990. The molecule has 4 N–H and O–H groups in total. The van der Waals surface area contributed by atoms with E-state index in [-0.39, 0.29) is 24.8 Å². The Labute approximate surface area is 90.7 Å². The third-order valence-corrected chi connectivity index (χ3v) is 1.78. The number of hydrogen-bond acceptors (Lipinski definition) is 3. The molecule has 0 aliphatic rings. The second-order valence-electron chi connectivity index (χ2n) is 2.63. The maximum atomic E-state index is 5.53. The molecule has 0 saturated carbocycles. The molecule has 1 heterocycles. The summed E-state index contributed by atoms with van der Waals surface area (Å²) in [5.74, 6) is 0.567. The van der Waals surface area contributed by atoms with Gasteiger partial charge in [-0.3, -0.25) is 0 Å². The summed E-state index contributed by atoms with van der Waals surface area (Å²) in [6.45, 7) is 4.45. The number of hydrogen-bond donors (Lipinski definition) is 2. The molecular weight excluding hydrogens is 209 g/mol. The van der Waals surface area contributed by atoms with Crippen LogP contribution in [0.15, 0.2) is 6.07 Å². The second kappa shape index (κ2) is 6.02. The van der Waals surface area contributed by atoms with E-state index in [0.717, 1.165) is 16.8 Å². The van der Waals surface area contributed by atoms with Gasteiger partial charge in [0.2, 0.25) is 0 Å². The summed E-state index contributed by atoms with van der Waals surface area (Å²) in [4.78, 5) is 4.10. The Kier molecular flexibility index (Phi) is 6.94. The van der Waals surface area contributed by atoms with Crippen molar-refractivity contribution >= 4 is 30.6 Å². The Morgan fingerprint density at radius 3 is 2.23 bits per heavy atom. The topological polar surface area (TPSA) is 64.9 Å². The highest BCUT2D eigenvalue weighted by Gasteiger charge is 2.01. The predicted molar refractivity (Wildman–Crippen MR) is 60.5 cm³/mol. The lowest BCUT2D eigenvalue weighted by Crippen LogP contribution is -2.05. The molecule has 76 valence electrons. The molecule has 0 aromatic carbocycles. The van der Waals surface area contributed by atoms with Crippen molar-refractivity contribution in [1.82, 2.24) is 4.98 Å². The molecule has 0 amide bonds. The fourth-order valence-electron chi connectivity index (χ4n) is 1.20. The molecule has 0 atom stereocenters. The van der Waals surface area contributed by atoms with E-state index in [0.29, 0.717) is 12.4 Å². The van der Waals surface area contributed by atoms with Crippen LogP contribution in [0, 0.1) is 13.8 Å². The van der Waals surface area contributed by atoms with Gasteiger partial charge in [0.15, 0.2) is 0 Å². The van der Waals surface area contributed by atoms with E-state index in [9.17, 15) is 0 Å². The summed E-state index contributed by atoms with van der Waals surface area (Å²) in [7, 11) is 0. The summed E-state index contributed by atoms with van der Waals surface area (Å²) >= 11 is 0. The third kappa shape index (κ3) is 3.38. The van der Waals surface area contributed by atoms with Gasteiger partial charge in [0.25, 0.3) is 0 Å². The molecule has 1 aromatic rings. The Morgan fingerprint density at radius 1 is 1.31 bits per heavy atom. The van der Waals surface area contributed by atoms with Crippen molar-refractivity contribution < 1.29 is 0 Å². The Hall–Kier alpha value is -0.510. The molecule has 0 aliphatic carbocycles. The van der Waals surface area contributed by atoms with Crippen LogP contribution in [0.5, 0.6) is 0 Å². The largest absolute Gasteiger partial charge is 0.384 e. The SMILES string of the molecule is Cc1cc(N)nc(C)c1CN.Cl.Cl. The van der Waals surface area contributed by atoms with Crippen molar-refractivity contribution in [2.24, 2.45) is 5.73 Å². The minimum atomic E-state index is 0. The van der Waals surface area contributed by atoms with Gasteiger partial charge in [-0.25, -0.2) is 4.98 Å². The zero-order chi connectivity index (χ0) is 8.43. The quantitative estimate of drug-likeness (QED) is 0.761. The Morgan fingerprint density at radius 2 is 1.85 bits per heavy atom. The molecule has 1 aromatic heterocycles. The van der Waals surface area contributed by atoms with E-state index < -0.39 is 0 Å². The molecule has 0 aliphatic heterocycles. The van der Waals surface area contributed by atoms with E-state index in [1.54, 1.807) is 0 Å². The first-order valence-electron chi connectivity index (χ1n) is 3.58. The minimum absolute atomic E-state index is 0. The molecular formula is C8H15Cl2N3. The van der Waals surface area contributed by atoms with Crippen molar-refractivity contribution in [3.05, 3.63) is 22.9 Å². The van der Waals surface area contributed by atoms with E-state index in [2.05, 4.69) is 4.98 Å². The normalized spacial score (nSPS) is 8.54. The van der Waals surface area contributed by atoms with Crippen molar-refractivity contribution in [2.75, 3.05) is 5.73 Å². The number of aromatic nitrogens is 1. The van der Waals surface area contributed by atoms with Gasteiger partial charge in [-0.2, -0.15) is 0 Å². The van der Waals surface area contributed by atoms with Crippen LogP contribution in [0.4, 0.5) is 5.82 Å². The average Bonchev–Trinajstić information content (AvgIpc) is 1.85. The monoisotopic (exact) mass is 223 g/mol. The second-order valence-corrected chi connectivity index (χ2v) is 2.63. The first-order valence-corrected chi connectivity index (χ1v) is 3.58. The Balaban J connectivity index is 0. The maximum absolute atomic E-state index is 5.53. The van der Waals surface area contributed by atoms with Crippen LogP contribution in [-0.2, 0) is 6.54 Å². The average molecular weight is 224 g/mol. The number of halogens is 2. The van der Waals surface area contributed by atoms with Crippen LogP contribution < -0.4 is 11.5 Å². The standard InChI is InChI=1S/C8H13N3.2ClH/c1-5-3-8(10)11-6(2)7(5)4-9;;/h3H,4,9H2,1-2H3,(H2,10,11);2*1H. The van der Waals surface area contributed by atoms with Crippen LogP contribution in [0.25, 0.3) is 0 Å². The van der Waals surface area contributed by atoms with Gasteiger partial charge < -0.3 is 11.5 Å². The highest BCUT2D eigenvalue weighted by Crippen LogP contribution is 2.13. The maximum Gasteiger partial charge on any atom is 0.123 e. The van der Waals surface area contributed by atoms with E-state index in [1.807, 2.05) is 19.9 Å². The number of anilines is 1. The highest BCUT2D eigenvalue weighted by atomic mass is 35.5. The first kappa shape index (κ1) is 15.0. The number of nitrogens with two attached hydrogens (primary N) is 2. The van der Waals surface area contributed by atoms with Crippen LogP contribution in [0.2, 0.25) is 0 Å². The van der Waals surface area contributed by atoms with Crippen molar-refractivity contribution in [2.45, 2.75) is 20.4 Å². The number of nitrogens with zero attached hydrogens (tertiary/aromatic N) is 1. The number of aryl methyl sites for hydroxylation is 2.